The molecule has 1 aliphatic heterocycles. The minimum atomic E-state index is -0.404. The van der Waals surface area contributed by atoms with Crippen LogP contribution in [0.5, 0.6) is 0 Å². The molecule has 0 saturated carbocycles. The first-order valence-corrected chi connectivity index (χ1v) is 7.24. The molecule has 3 N–H and O–H groups in total. The van der Waals surface area contributed by atoms with E-state index < -0.39 is 6.04 Å². The van der Waals surface area contributed by atoms with E-state index in [-0.39, 0.29) is 17.1 Å². The number of carbonyl (C=O) groups is 1. The molecule has 1 aromatic rings. The van der Waals surface area contributed by atoms with E-state index in [0.717, 1.165) is 5.56 Å². The van der Waals surface area contributed by atoms with Crippen molar-refractivity contribution in [3.05, 3.63) is 35.9 Å². The predicted octanol–water partition coefficient (Wildman–Crippen LogP) is 1.61. The van der Waals surface area contributed by atoms with E-state index in [9.17, 15) is 4.79 Å². The standard InChI is InChI=1S/C16H25N3O2/c1-15(2)10-19(11-16(3,4)21-15)13(14(20)18-17)12-8-6-5-7-9-12/h5-9,13H,10-11,17H2,1-4H3,(H,18,20). The van der Waals surface area contributed by atoms with Gasteiger partial charge in [-0.15, -0.1) is 0 Å². The van der Waals surface area contributed by atoms with E-state index in [1.165, 1.54) is 0 Å². The Morgan fingerprint density at radius 3 is 2.19 bits per heavy atom. The van der Waals surface area contributed by atoms with Gasteiger partial charge in [0, 0.05) is 13.1 Å². The predicted molar refractivity (Wildman–Crippen MR) is 82.3 cm³/mol. The molecule has 1 aliphatic rings. The van der Waals surface area contributed by atoms with Crippen LogP contribution in [0, 0.1) is 0 Å². The van der Waals surface area contributed by atoms with Crippen molar-refractivity contribution in [2.24, 2.45) is 5.84 Å². The molecule has 21 heavy (non-hydrogen) atoms. The highest BCUT2D eigenvalue weighted by atomic mass is 16.5. The number of rotatable bonds is 3. The monoisotopic (exact) mass is 291 g/mol. The number of nitrogens with zero attached hydrogens (tertiary/aromatic N) is 1. The Labute approximate surface area is 126 Å². The Kier molecular flexibility index (Phi) is 4.37. The summed E-state index contributed by atoms with van der Waals surface area (Å²) in [7, 11) is 0. The molecular weight excluding hydrogens is 266 g/mol. The quantitative estimate of drug-likeness (QED) is 0.504. The molecule has 1 unspecified atom stereocenters. The van der Waals surface area contributed by atoms with Crippen molar-refractivity contribution in [3.63, 3.8) is 0 Å². The van der Waals surface area contributed by atoms with E-state index in [4.69, 9.17) is 10.6 Å². The van der Waals surface area contributed by atoms with E-state index in [1.807, 2.05) is 58.0 Å². The molecule has 0 radical (unpaired) electrons. The van der Waals surface area contributed by atoms with Gasteiger partial charge in [0.25, 0.3) is 5.91 Å². The third-order valence-corrected chi connectivity index (χ3v) is 3.59. The van der Waals surface area contributed by atoms with Crippen LogP contribution in [0.2, 0.25) is 0 Å². The number of hydrazine groups is 1. The fourth-order valence-electron chi connectivity index (χ4n) is 3.27. The summed E-state index contributed by atoms with van der Waals surface area (Å²) in [4.78, 5) is 14.5. The van der Waals surface area contributed by atoms with Gasteiger partial charge in [-0.1, -0.05) is 30.3 Å². The molecular formula is C16H25N3O2. The van der Waals surface area contributed by atoms with Crippen LogP contribution >= 0.6 is 0 Å². The van der Waals surface area contributed by atoms with Gasteiger partial charge in [0.2, 0.25) is 0 Å². The molecule has 0 aliphatic carbocycles. The van der Waals surface area contributed by atoms with Crippen LogP contribution in [-0.4, -0.2) is 35.1 Å². The van der Waals surface area contributed by atoms with Gasteiger partial charge in [-0.3, -0.25) is 15.1 Å². The molecule has 0 spiro atoms. The van der Waals surface area contributed by atoms with E-state index in [0.29, 0.717) is 13.1 Å². The highest BCUT2D eigenvalue weighted by Gasteiger charge is 2.42. The van der Waals surface area contributed by atoms with Crippen LogP contribution < -0.4 is 11.3 Å². The third-order valence-electron chi connectivity index (χ3n) is 3.59. The van der Waals surface area contributed by atoms with Crippen LogP contribution in [0.15, 0.2) is 30.3 Å². The maximum atomic E-state index is 12.3. The van der Waals surface area contributed by atoms with Crippen molar-refractivity contribution in [3.8, 4) is 0 Å². The van der Waals surface area contributed by atoms with Gasteiger partial charge >= 0.3 is 0 Å². The van der Waals surface area contributed by atoms with Crippen LogP contribution in [-0.2, 0) is 9.53 Å². The molecule has 1 heterocycles. The Morgan fingerprint density at radius 2 is 1.71 bits per heavy atom. The van der Waals surface area contributed by atoms with Crippen molar-refractivity contribution < 1.29 is 9.53 Å². The second kappa shape index (κ2) is 5.75. The number of carbonyl (C=O) groups excluding carboxylic acids is 1. The summed E-state index contributed by atoms with van der Waals surface area (Å²) in [5, 5.41) is 0. The first-order chi connectivity index (χ1) is 9.74. The zero-order chi connectivity index (χ0) is 15.7. The first-order valence-electron chi connectivity index (χ1n) is 7.24. The summed E-state index contributed by atoms with van der Waals surface area (Å²) in [5.41, 5.74) is 2.60. The Bertz CT molecular complexity index is 484. The molecule has 0 bridgehead atoms. The minimum Gasteiger partial charge on any atom is -0.367 e. The second-order valence-corrected chi connectivity index (χ2v) is 6.85. The van der Waals surface area contributed by atoms with Crippen molar-refractivity contribution in [2.45, 2.75) is 44.9 Å². The summed E-state index contributed by atoms with van der Waals surface area (Å²) >= 11 is 0. The molecule has 5 heteroatoms. The second-order valence-electron chi connectivity index (χ2n) is 6.85. The number of hydrogen-bond donors (Lipinski definition) is 2. The molecule has 1 atom stereocenters. The van der Waals surface area contributed by atoms with E-state index >= 15 is 0 Å². The van der Waals surface area contributed by atoms with Crippen molar-refractivity contribution in [2.75, 3.05) is 13.1 Å². The maximum Gasteiger partial charge on any atom is 0.255 e. The number of morpholine rings is 1. The van der Waals surface area contributed by atoms with E-state index in [1.54, 1.807) is 0 Å². The Hall–Kier alpha value is -1.43. The summed E-state index contributed by atoms with van der Waals surface area (Å²) < 4.78 is 6.09. The average Bonchev–Trinajstić information content (AvgIpc) is 2.36. The molecule has 1 fully saturated rings. The molecule has 1 aromatic carbocycles. The number of nitrogens with two attached hydrogens (primary N) is 1. The first kappa shape index (κ1) is 15.9. The average molecular weight is 291 g/mol. The van der Waals surface area contributed by atoms with Crippen molar-refractivity contribution in [1.82, 2.24) is 10.3 Å². The highest BCUT2D eigenvalue weighted by molar-refractivity contribution is 5.82. The van der Waals surface area contributed by atoms with E-state index in [2.05, 4.69) is 10.3 Å². The number of nitrogens with one attached hydrogen (secondary N) is 1. The van der Waals surface area contributed by atoms with Gasteiger partial charge in [0.1, 0.15) is 6.04 Å². The topological polar surface area (TPSA) is 67.6 Å². The normalized spacial score (nSPS) is 22.5. The van der Waals surface area contributed by atoms with Crippen molar-refractivity contribution >= 4 is 5.91 Å². The van der Waals surface area contributed by atoms with Gasteiger partial charge < -0.3 is 4.74 Å². The molecule has 5 nitrogen and oxygen atoms in total. The molecule has 1 saturated heterocycles. The Balaban J connectivity index is 2.35. The summed E-state index contributed by atoms with van der Waals surface area (Å²) in [6.45, 7) is 9.52. The van der Waals surface area contributed by atoms with Gasteiger partial charge in [-0.25, -0.2) is 5.84 Å². The summed E-state index contributed by atoms with van der Waals surface area (Å²) in [6, 6.07) is 9.31. The SMILES string of the molecule is CC1(C)CN(C(C(=O)NN)c2ccccc2)CC(C)(C)O1. The van der Waals surface area contributed by atoms with Gasteiger partial charge in [-0.2, -0.15) is 0 Å². The zero-order valence-electron chi connectivity index (χ0n) is 13.2. The fourth-order valence-corrected chi connectivity index (χ4v) is 3.27. The van der Waals surface area contributed by atoms with Gasteiger partial charge in [0.05, 0.1) is 11.2 Å². The van der Waals surface area contributed by atoms with Crippen LogP contribution in [0.4, 0.5) is 0 Å². The van der Waals surface area contributed by atoms with Crippen LogP contribution in [0.3, 0.4) is 0 Å². The smallest absolute Gasteiger partial charge is 0.255 e. The van der Waals surface area contributed by atoms with Crippen LogP contribution in [0.25, 0.3) is 0 Å². The lowest BCUT2D eigenvalue weighted by Gasteiger charge is -2.49. The van der Waals surface area contributed by atoms with Gasteiger partial charge in [-0.05, 0) is 33.3 Å². The largest absolute Gasteiger partial charge is 0.367 e. The summed E-state index contributed by atoms with van der Waals surface area (Å²) in [6.07, 6.45) is 0. The lowest BCUT2D eigenvalue weighted by molar-refractivity contribution is -0.189. The lowest BCUT2D eigenvalue weighted by atomic mass is 9.94. The number of hydrogen-bond acceptors (Lipinski definition) is 4. The molecule has 2 rings (SSSR count). The summed E-state index contributed by atoms with van der Waals surface area (Å²) in [5.74, 6) is 5.20. The number of benzene rings is 1. The maximum absolute atomic E-state index is 12.3. The molecule has 1 amide bonds. The zero-order valence-corrected chi connectivity index (χ0v) is 13.2. The van der Waals surface area contributed by atoms with Gasteiger partial charge in [0.15, 0.2) is 0 Å². The third kappa shape index (κ3) is 3.81. The van der Waals surface area contributed by atoms with Crippen LogP contribution in [0.1, 0.15) is 39.3 Å². The number of ether oxygens (including phenoxy) is 1. The Morgan fingerprint density at radius 1 is 1.19 bits per heavy atom. The molecule has 0 aromatic heterocycles. The fraction of sp³-hybridized carbons (Fsp3) is 0.562. The lowest BCUT2D eigenvalue weighted by Crippen LogP contribution is -2.59. The van der Waals surface area contributed by atoms with Crippen molar-refractivity contribution in [1.29, 1.82) is 0 Å². The number of amides is 1. The highest BCUT2D eigenvalue weighted by Crippen LogP contribution is 2.33. The molecule has 116 valence electrons. The minimum absolute atomic E-state index is 0.199.